The zero-order valence-electron chi connectivity index (χ0n) is 15.6. The predicted octanol–water partition coefficient (Wildman–Crippen LogP) is 3.69. The van der Waals surface area contributed by atoms with Gasteiger partial charge in [-0.05, 0) is 44.2 Å². The number of aryl methyl sites for hydroxylation is 1. The molecule has 0 fully saturated rings. The summed E-state index contributed by atoms with van der Waals surface area (Å²) in [5.74, 6) is -1.47. The number of hydrogen-bond acceptors (Lipinski definition) is 6. The Hall–Kier alpha value is -2.80. The van der Waals surface area contributed by atoms with E-state index in [2.05, 4.69) is 10.1 Å². The van der Waals surface area contributed by atoms with Crippen LogP contribution < -0.4 is 5.32 Å². The van der Waals surface area contributed by atoms with Crippen molar-refractivity contribution in [3.05, 3.63) is 59.2 Å². The lowest BCUT2D eigenvalue weighted by molar-refractivity contribution is -0.115. The molecule has 0 aliphatic rings. The number of anilines is 1. The van der Waals surface area contributed by atoms with E-state index in [1.165, 1.54) is 44.2 Å². The van der Waals surface area contributed by atoms with Gasteiger partial charge in [-0.1, -0.05) is 17.7 Å². The van der Waals surface area contributed by atoms with Gasteiger partial charge in [-0.2, -0.15) is 0 Å². The topological polar surface area (TPSA) is 81.7 Å². The molecule has 2 rings (SSSR count). The zero-order valence-corrected chi connectivity index (χ0v) is 16.4. The van der Waals surface area contributed by atoms with Crippen LogP contribution in [0.15, 0.2) is 47.4 Å². The van der Waals surface area contributed by atoms with Crippen LogP contribution >= 0.6 is 11.8 Å². The van der Waals surface area contributed by atoms with Gasteiger partial charge in [0.2, 0.25) is 5.91 Å². The highest BCUT2D eigenvalue weighted by Gasteiger charge is 2.20. The van der Waals surface area contributed by atoms with E-state index in [1.807, 2.05) is 31.2 Å². The molecule has 2 aromatic carbocycles. The average Bonchev–Trinajstić information content (AvgIpc) is 2.68. The van der Waals surface area contributed by atoms with Crippen LogP contribution in [0.4, 0.5) is 5.69 Å². The van der Waals surface area contributed by atoms with Crippen molar-refractivity contribution in [1.29, 1.82) is 0 Å². The van der Waals surface area contributed by atoms with Gasteiger partial charge in [0.05, 0.1) is 36.3 Å². The highest BCUT2D eigenvalue weighted by atomic mass is 32.2. The van der Waals surface area contributed by atoms with Crippen LogP contribution in [-0.4, -0.2) is 37.3 Å². The van der Waals surface area contributed by atoms with Crippen molar-refractivity contribution in [3.8, 4) is 0 Å². The monoisotopic (exact) mass is 387 g/mol. The van der Waals surface area contributed by atoms with E-state index in [0.717, 1.165) is 10.5 Å². The molecule has 0 spiro atoms. The van der Waals surface area contributed by atoms with Crippen molar-refractivity contribution in [1.82, 2.24) is 0 Å². The predicted molar refractivity (Wildman–Crippen MR) is 104 cm³/mol. The summed E-state index contributed by atoms with van der Waals surface area (Å²) in [7, 11) is 2.51. The number of esters is 2. The summed E-state index contributed by atoms with van der Waals surface area (Å²) in [5.41, 5.74) is 1.72. The molecule has 1 N–H and O–H groups in total. The van der Waals surface area contributed by atoms with Crippen LogP contribution in [0.25, 0.3) is 0 Å². The van der Waals surface area contributed by atoms with Crippen LogP contribution in [-0.2, 0) is 14.3 Å². The van der Waals surface area contributed by atoms with E-state index in [-0.39, 0.29) is 22.7 Å². The quantitative estimate of drug-likeness (QED) is 0.601. The van der Waals surface area contributed by atoms with Gasteiger partial charge >= 0.3 is 11.9 Å². The maximum Gasteiger partial charge on any atom is 0.339 e. The van der Waals surface area contributed by atoms with E-state index >= 15 is 0 Å². The maximum atomic E-state index is 12.6. The number of hydrogen-bond donors (Lipinski definition) is 1. The first-order chi connectivity index (χ1) is 12.8. The molecule has 0 radical (unpaired) electrons. The molecule has 0 aliphatic carbocycles. The van der Waals surface area contributed by atoms with Gasteiger partial charge in [-0.25, -0.2) is 9.59 Å². The lowest BCUT2D eigenvalue weighted by Gasteiger charge is -2.15. The average molecular weight is 387 g/mol. The molecule has 0 saturated heterocycles. The smallest absolute Gasteiger partial charge is 0.339 e. The van der Waals surface area contributed by atoms with Crippen molar-refractivity contribution in [2.75, 3.05) is 19.5 Å². The number of ether oxygens (including phenoxy) is 2. The fraction of sp³-hybridized carbons (Fsp3) is 0.250. The maximum absolute atomic E-state index is 12.6. The first-order valence-electron chi connectivity index (χ1n) is 8.20. The molecule has 0 unspecified atom stereocenters. The molecule has 0 heterocycles. The third kappa shape index (κ3) is 5.34. The lowest BCUT2D eigenvalue weighted by atomic mass is 10.1. The van der Waals surface area contributed by atoms with Crippen molar-refractivity contribution < 1.29 is 23.9 Å². The number of carbonyl (C=O) groups excluding carboxylic acids is 3. The number of thioether (sulfide) groups is 1. The van der Waals surface area contributed by atoms with Crippen LogP contribution in [0, 0.1) is 6.92 Å². The Bertz CT molecular complexity index is 848. The highest BCUT2D eigenvalue weighted by Crippen LogP contribution is 2.26. The Morgan fingerprint density at radius 3 is 2.19 bits per heavy atom. The molecule has 1 amide bonds. The third-order valence-electron chi connectivity index (χ3n) is 3.81. The summed E-state index contributed by atoms with van der Waals surface area (Å²) < 4.78 is 9.43. The first-order valence-corrected chi connectivity index (χ1v) is 9.08. The zero-order chi connectivity index (χ0) is 20.0. The van der Waals surface area contributed by atoms with Gasteiger partial charge < -0.3 is 14.8 Å². The minimum atomic E-state index is -0.611. The van der Waals surface area contributed by atoms with E-state index in [9.17, 15) is 14.4 Å². The summed E-state index contributed by atoms with van der Waals surface area (Å²) in [6, 6.07) is 12.1. The minimum absolute atomic E-state index is 0.158. The summed E-state index contributed by atoms with van der Waals surface area (Å²) >= 11 is 1.39. The minimum Gasteiger partial charge on any atom is -0.465 e. The molecule has 0 aromatic heterocycles. The SMILES string of the molecule is COC(=O)c1ccc(C(=O)OC)c(NC(=O)[C@H](C)Sc2ccc(C)cc2)c1. The Labute approximate surface area is 162 Å². The Balaban J connectivity index is 2.22. The second kappa shape index (κ2) is 9.23. The number of carbonyl (C=O) groups is 3. The molecule has 27 heavy (non-hydrogen) atoms. The molecule has 2 aromatic rings. The lowest BCUT2D eigenvalue weighted by Crippen LogP contribution is -2.24. The van der Waals surface area contributed by atoms with Gasteiger partial charge in [0.1, 0.15) is 0 Å². The van der Waals surface area contributed by atoms with Crippen LogP contribution in [0.3, 0.4) is 0 Å². The molecule has 0 bridgehead atoms. The van der Waals surface area contributed by atoms with Crippen molar-refractivity contribution >= 4 is 35.3 Å². The summed E-state index contributed by atoms with van der Waals surface area (Å²) in [4.78, 5) is 37.3. The molecular formula is C20H21NO5S. The Kier molecular flexibility index (Phi) is 7.01. The Morgan fingerprint density at radius 1 is 0.963 bits per heavy atom. The fourth-order valence-corrected chi connectivity index (χ4v) is 3.16. The molecule has 0 aliphatic heterocycles. The van der Waals surface area contributed by atoms with E-state index in [0.29, 0.717) is 0 Å². The van der Waals surface area contributed by atoms with E-state index < -0.39 is 17.2 Å². The third-order valence-corrected chi connectivity index (χ3v) is 4.92. The number of nitrogens with one attached hydrogen (secondary N) is 1. The summed E-state index contributed by atoms with van der Waals surface area (Å²) in [5, 5.41) is 2.29. The number of benzene rings is 2. The van der Waals surface area contributed by atoms with Crippen LogP contribution in [0.1, 0.15) is 33.2 Å². The van der Waals surface area contributed by atoms with Crippen molar-refractivity contribution in [3.63, 3.8) is 0 Å². The number of methoxy groups -OCH3 is 2. The summed E-state index contributed by atoms with van der Waals surface area (Å²) in [6.45, 7) is 3.76. The van der Waals surface area contributed by atoms with Gasteiger partial charge in [0, 0.05) is 4.90 Å². The van der Waals surface area contributed by atoms with Crippen molar-refractivity contribution in [2.24, 2.45) is 0 Å². The Morgan fingerprint density at radius 2 is 1.59 bits per heavy atom. The first kappa shape index (κ1) is 20.5. The largest absolute Gasteiger partial charge is 0.465 e. The molecule has 1 atom stereocenters. The van der Waals surface area contributed by atoms with Gasteiger partial charge in [-0.15, -0.1) is 11.8 Å². The normalized spacial score (nSPS) is 11.4. The fourth-order valence-electron chi connectivity index (χ4n) is 2.29. The van der Waals surface area contributed by atoms with Crippen LogP contribution in [0.5, 0.6) is 0 Å². The molecule has 142 valence electrons. The molecule has 7 heteroatoms. The van der Waals surface area contributed by atoms with Crippen molar-refractivity contribution in [2.45, 2.75) is 24.0 Å². The molecule has 6 nitrogen and oxygen atoms in total. The van der Waals surface area contributed by atoms with Gasteiger partial charge in [0.15, 0.2) is 0 Å². The second-order valence-electron chi connectivity index (χ2n) is 5.81. The second-order valence-corrected chi connectivity index (χ2v) is 7.22. The standard InChI is InChI=1S/C20H21NO5S/c1-12-5-8-15(9-6-12)27-13(2)18(22)21-17-11-14(19(23)25-3)7-10-16(17)20(24)26-4/h5-11,13H,1-4H3,(H,21,22)/t13-/m0/s1. The van der Waals surface area contributed by atoms with Gasteiger partial charge in [-0.3, -0.25) is 4.79 Å². The number of amides is 1. The van der Waals surface area contributed by atoms with E-state index in [1.54, 1.807) is 6.92 Å². The van der Waals surface area contributed by atoms with Crippen LogP contribution in [0.2, 0.25) is 0 Å². The van der Waals surface area contributed by atoms with E-state index in [4.69, 9.17) is 4.74 Å². The number of rotatable bonds is 6. The van der Waals surface area contributed by atoms with Gasteiger partial charge in [0.25, 0.3) is 0 Å². The molecular weight excluding hydrogens is 366 g/mol. The summed E-state index contributed by atoms with van der Waals surface area (Å²) in [6.07, 6.45) is 0. The molecule has 0 saturated carbocycles. The highest BCUT2D eigenvalue weighted by molar-refractivity contribution is 8.00.